The van der Waals surface area contributed by atoms with Crippen LogP contribution in [0.1, 0.15) is 49.0 Å². The molecule has 0 bridgehead atoms. The van der Waals surface area contributed by atoms with E-state index in [1.54, 1.807) is 7.11 Å². The quantitative estimate of drug-likeness (QED) is 0.917. The Hall–Kier alpha value is -1.06. The molecule has 1 aromatic rings. The van der Waals surface area contributed by atoms with Gasteiger partial charge in [-0.2, -0.15) is 0 Å². The largest absolute Gasteiger partial charge is 0.496 e. The lowest BCUT2D eigenvalue weighted by atomic mass is 9.98. The molecule has 0 amide bonds. The molecule has 3 heteroatoms. The number of ether oxygens (including phenoxy) is 1. The fraction of sp³-hybridized carbons (Fsp3) is 0.647. The van der Waals surface area contributed by atoms with Crippen LogP contribution in [-0.4, -0.2) is 36.2 Å². The molecular formula is C17H27NO2. The topological polar surface area (TPSA) is 32.7 Å². The Morgan fingerprint density at radius 1 is 1.35 bits per heavy atom. The van der Waals surface area contributed by atoms with Crippen LogP contribution in [0, 0.1) is 13.8 Å². The van der Waals surface area contributed by atoms with Crippen molar-refractivity contribution >= 4 is 0 Å². The van der Waals surface area contributed by atoms with Crippen LogP contribution in [0.4, 0.5) is 0 Å². The highest BCUT2D eigenvalue weighted by molar-refractivity contribution is 5.45. The van der Waals surface area contributed by atoms with Crippen LogP contribution in [0.25, 0.3) is 0 Å². The molecule has 1 fully saturated rings. The van der Waals surface area contributed by atoms with Gasteiger partial charge in [0.2, 0.25) is 0 Å². The second kappa shape index (κ2) is 6.59. The minimum atomic E-state index is -0.482. The number of aliphatic hydroxyl groups is 1. The molecule has 3 nitrogen and oxygen atoms in total. The molecule has 1 N–H and O–H groups in total. The highest BCUT2D eigenvalue weighted by atomic mass is 16.5. The summed E-state index contributed by atoms with van der Waals surface area (Å²) >= 11 is 0. The van der Waals surface area contributed by atoms with Crippen molar-refractivity contribution in [1.82, 2.24) is 4.90 Å². The fourth-order valence-electron chi connectivity index (χ4n) is 3.26. The Labute approximate surface area is 122 Å². The number of likely N-dealkylation sites (tertiary alicyclic amines) is 1. The number of hydrogen-bond acceptors (Lipinski definition) is 3. The number of nitrogens with zero attached hydrogens (tertiary/aromatic N) is 1. The Bertz CT molecular complexity index is 459. The Balaban J connectivity index is 2.17. The summed E-state index contributed by atoms with van der Waals surface area (Å²) in [5.41, 5.74) is 3.18. The molecule has 1 heterocycles. The summed E-state index contributed by atoms with van der Waals surface area (Å²) in [6, 6.07) is 4.71. The third-order valence-electron chi connectivity index (χ3n) is 4.36. The van der Waals surface area contributed by atoms with E-state index in [1.807, 2.05) is 13.0 Å². The van der Waals surface area contributed by atoms with E-state index >= 15 is 0 Å². The van der Waals surface area contributed by atoms with Gasteiger partial charge in [-0.1, -0.05) is 18.1 Å². The monoisotopic (exact) mass is 277 g/mol. The Kier molecular flexibility index (Phi) is 5.06. The number of benzene rings is 1. The van der Waals surface area contributed by atoms with E-state index in [-0.39, 0.29) is 0 Å². The van der Waals surface area contributed by atoms with Gasteiger partial charge in [-0.25, -0.2) is 0 Å². The maximum Gasteiger partial charge on any atom is 0.127 e. The summed E-state index contributed by atoms with van der Waals surface area (Å²) in [5, 5.41) is 10.6. The lowest BCUT2D eigenvalue weighted by Gasteiger charge is -2.35. The van der Waals surface area contributed by atoms with Crippen molar-refractivity contribution in [2.75, 3.05) is 20.2 Å². The first-order chi connectivity index (χ1) is 9.52. The molecule has 1 aliphatic rings. The lowest BCUT2D eigenvalue weighted by Crippen LogP contribution is -2.40. The van der Waals surface area contributed by atoms with E-state index in [1.165, 1.54) is 24.8 Å². The molecule has 20 heavy (non-hydrogen) atoms. The van der Waals surface area contributed by atoms with Gasteiger partial charge in [0, 0.05) is 18.2 Å². The smallest absolute Gasteiger partial charge is 0.127 e. The number of rotatable bonds is 4. The van der Waals surface area contributed by atoms with Crippen molar-refractivity contribution in [2.24, 2.45) is 0 Å². The third-order valence-corrected chi connectivity index (χ3v) is 4.36. The lowest BCUT2D eigenvalue weighted by molar-refractivity contribution is 0.0717. The molecule has 1 aromatic carbocycles. The van der Waals surface area contributed by atoms with Crippen molar-refractivity contribution in [3.8, 4) is 5.75 Å². The summed E-state index contributed by atoms with van der Waals surface area (Å²) in [6.07, 6.45) is 3.29. The minimum Gasteiger partial charge on any atom is -0.496 e. The summed E-state index contributed by atoms with van der Waals surface area (Å²) in [6.45, 7) is 8.13. The maximum atomic E-state index is 10.6. The van der Waals surface area contributed by atoms with Crippen LogP contribution in [0.3, 0.4) is 0 Å². The van der Waals surface area contributed by atoms with Crippen molar-refractivity contribution < 1.29 is 9.84 Å². The second-order valence-corrected chi connectivity index (χ2v) is 6.06. The van der Waals surface area contributed by atoms with Crippen LogP contribution in [0.5, 0.6) is 5.75 Å². The summed E-state index contributed by atoms with van der Waals surface area (Å²) in [5.74, 6) is 0.827. The van der Waals surface area contributed by atoms with Crippen molar-refractivity contribution in [3.05, 3.63) is 28.8 Å². The zero-order valence-electron chi connectivity index (χ0n) is 13.1. The van der Waals surface area contributed by atoms with Gasteiger partial charge in [0.1, 0.15) is 5.75 Å². The first-order valence-electron chi connectivity index (χ1n) is 7.60. The average Bonchev–Trinajstić information content (AvgIpc) is 2.40. The van der Waals surface area contributed by atoms with Gasteiger partial charge >= 0.3 is 0 Å². The number of aliphatic hydroxyl groups excluding tert-OH is 1. The zero-order valence-corrected chi connectivity index (χ0v) is 13.1. The van der Waals surface area contributed by atoms with E-state index in [2.05, 4.69) is 24.8 Å². The van der Waals surface area contributed by atoms with Gasteiger partial charge < -0.3 is 9.84 Å². The summed E-state index contributed by atoms with van der Waals surface area (Å²) < 4.78 is 5.49. The number of methoxy groups -OCH3 is 1. The normalized spacial score (nSPS) is 21.8. The highest BCUT2D eigenvalue weighted by Crippen LogP contribution is 2.31. The zero-order chi connectivity index (χ0) is 14.7. The van der Waals surface area contributed by atoms with Crippen LogP contribution >= 0.6 is 0 Å². The fourth-order valence-corrected chi connectivity index (χ4v) is 3.26. The Morgan fingerprint density at radius 3 is 2.75 bits per heavy atom. The van der Waals surface area contributed by atoms with E-state index in [0.29, 0.717) is 12.6 Å². The predicted octanol–water partition coefficient (Wildman–Crippen LogP) is 3.22. The van der Waals surface area contributed by atoms with Gasteiger partial charge in [0.15, 0.2) is 0 Å². The molecule has 2 unspecified atom stereocenters. The molecule has 2 atom stereocenters. The van der Waals surface area contributed by atoms with Crippen LogP contribution < -0.4 is 4.74 Å². The standard InChI is InChI=1S/C17H27NO2/c1-12-9-13(2)17(20-4)15(10-12)16(19)11-18-8-6-5-7-14(18)3/h9-10,14,16,19H,5-8,11H2,1-4H3. The molecule has 112 valence electrons. The van der Waals surface area contributed by atoms with E-state index in [9.17, 15) is 5.11 Å². The summed E-state index contributed by atoms with van der Waals surface area (Å²) in [4.78, 5) is 2.39. The minimum absolute atomic E-state index is 0.482. The average molecular weight is 277 g/mol. The van der Waals surface area contributed by atoms with Crippen LogP contribution in [-0.2, 0) is 0 Å². The third kappa shape index (κ3) is 3.33. The van der Waals surface area contributed by atoms with Gasteiger partial charge in [-0.15, -0.1) is 0 Å². The first-order valence-corrected chi connectivity index (χ1v) is 7.60. The second-order valence-electron chi connectivity index (χ2n) is 6.06. The first kappa shape index (κ1) is 15.3. The molecule has 0 radical (unpaired) electrons. The van der Waals surface area contributed by atoms with E-state index in [4.69, 9.17) is 4.74 Å². The predicted molar refractivity (Wildman–Crippen MR) is 82.3 cm³/mol. The number of aryl methyl sites for hydroxylation is 2. The molecular weight excluding hydrogens is 250 g/mol. The molecule has 2 rings (SSSR count). The molecule has 0 spiro atoms. The number of β-amino-alcohol motifs (C(OH)–C–C–N with tert-alkyl or cyclic N) is 1. The molecule has 0 aromatic heterocycles. The van der Waals surface area contributed by atoms with Gasteiger partial charge in [-0.3, -0.25) is 4.90 Å². The highest BCUT2D eigenvalue weighted by Gasteiger charge is 2.23. The van der Waals surface area contributed by atoms with Crippen molar-refractivity contribution in [2.45, 2.75) is 52.2 Å². The van der Waals surface area contributed by atoms with Crippen molar-refractivity contribution in [1.29, 1.82) is 0 Å². The number of piperidine rings is 1. The van der Waals surface area contributed by atoms with Crippen LogP contribution in [0.2, 0.25) is 0 Å². The molecule has 1 saturated heterocycles. The van der Waals surface area contributed by atoms with Gasteiger partial charge in [-0.05, 0) is 51.8 Å². The Morgan fingerprint density at radius 2 is 2.10 bits per heavy atom. The maximum absolute atomic E-state index is 10.6. The SMILES string of the molecule is COc1c(C)cc(C)cc1C(O)CN1CCCCC1C. The van der Waals surface area contributed by atoms with E-state index in [0.717, 1.165) is 23.4 Å². The number of hydrogen-bond donors (Lipinski definition) is 1. The summed E-state index contributed by atoms with van der Waals surface area (Å²) in [7, 11) is 1.68. The van der Waals surface area contributed by atoms with E-state index < -0.39 is 6.10 Å². The molecule has 0 aliphatic carbocycles. The van der Waals surface area contributed by atoms with Crippen molar-refractivity contribution in [3.63, 3.8) is 0 Å². The molecule has 0 saturated carbocycles. The van der Waals surface area contributed by atoms with Gasteiger partial charge in [0.05, 0.1) is 13.2 Å². The van der Waals surface area contributed by atoms with Gasteiger partial charge in [0.25, 0.3) is 0 Å². The molecule has 1 aliphatic heterocycles. The van der Waals surface area contributed by atoms with Crippen LogP contribution in [0.15, 0.2) is 12.1 Å².